The van der Waals surface area contributed by atoms with Crippen LogP contribution in [-0.4, -0.2) is 9.55 Å². The molecule has 0 saturated carbocycles. The van der Waals surface area contributed by atoms with Crippen molar-refractivity contribution in [2.24, 2.45) is 0 Å². The number of halogens is 2. The molecule has 0 unspecified atom stereocenters. The summed E-state index contributed by atoms with van der Waals surface area (Å²) >= 11 is 4.82. The van der Waals surface area contributed by atoms with Crippen LogP contribution in [-0.2, 0) is 6.54 Å². The van der Waals surface area contributed by atoms with Gasteiger partial charge in [0.1, 0.15) is 10.8 Å². The van der Waals surface area contributed by atoms with Crippen molar-refractivity contribution >= 4 is 27.3 Å². The maximum absolute atomic E-state index is 12.9. The standard InChI is InChI=1S/C15H10BrFN2OS/c16-11-3-6-14(20)19(7-11)8-13-9-21-15(18-13)10-1-4-12(17)5-2-10/h1-7,9H,8H2. The SMILES string of the molecule is O=c1ccc(Br)cn1Cc1csc(-c2ccc(F)cc2)n1. The van der Waals surface area contributed by atoms with Gasteiger partial charge in [-0.15, -0.1) is 11.3 Å². The molecule has 106 valence electrons. The molecule has 0 aliphatic rings. The van der Waals surface area contributed by atoms with Gasteiger partial charge in [-0.1, -0.05) is 0 Å². The molecule has 0 spiro atoms. The Morgan fingerprint density at radius 2 is 1.95 bits per heavy atom. The number of hydrogen-bond donors (Lipinski definition) is 0. The fourth-order valence-corrected chi connectivity index (χ4v) is 3.10. The second kappa shape index (κ2) is 5.91. The Hall–Kier alpha value is -1.79. The topological polar surface area (TPSA) is 34.9 Å². The van der Waals surface area contributed by atoms with E-state index in [-0.39, 0.29) is 11.4 Å². The van der Waals surface area contributed by atoms with Gasteiger partial charge in [0.25, 0.3) is 5.56 Å². The van der Waals surface area contributed by atoms with E-state index >= 15 is 0 Å². The van der Waals surface area contributed by atoms with E-state index in [0.717, 1.165) is 20.7 Å². The van der Waals surface area contributed by atoms with Crippen molar-refractivity contribution < 1.29 is 4.39 Å². The van der Waals surface area contributed by atoms with Crippen LogP contribution in [0.2, 0.25) is 0 Å². The van der Waals surface area contributed by atoms with E-state index in [1.165, 1.54) is 29.5 Å². The molecule has 0 atom stereocenters. The number of rotatable bonds is 3. The van der Waals surface area contributed by atoms with Crippen LogP contribution in [0, 0.1) is 5.82 Å². The van der Waals surface area contributed by atoms with Gasteiger partial charge in [0.2, 0.25) is 0 Å². The first-order valence-electron chi connectivity index (χ1n) is 6.18. The molecule has 21 heavy (non-hydrogen) atoms. The molecule has 0 saturated heterocycles. The predicted octanol–water partition coefficient (Wildman–Crippen LogP) is 3.92. The van der Waals surface area contributed by atoms with Crippen LogP contribution in [0.15, 0.2) is 57.2 Å². The third-order valence-electron chi connectivity index (χ3n) is 2.92. The van der Waals surface area contributed by atoms with Gasteiger partial charge in [-0.2, -0.15) is 0 Å². The van der Waals surface area contributed by atoms with E-state index < -0.39 is 0 Å². The van der Waals surface area contributed by atoms with Crippen LogP contribution >= 0.6 is 27.3 Å². The smallest absolute Gasteiger partial charge is 0.250 e. The summed E-state index contributed by atoms with van der Waals surface area (Å²) in [6.45, 7) is 0.413. The lowest BCUT2D eigenvalue weighted by atomic mass is 10.2. The highest BCUT2D eigenvalue weighted by atomic mass is 79.9. The van der Waals surface area contributed by atoms with Crippen LogP contribution in [0.25, 0.3) is 10.6 Å². The van der Waals surface area contributed by atoms with E-state index in [1.807, 2.05) is 5.38 Å². The van der Waals surface area contributed by atoms with Crippen LogP contribution in [0.5, 0.6) is 0 Å². The molecule has 3 nitrogen and oxygen atoms in total. The van der Waals surface area contributed by atoms with Gasteiger partial charge in [0, 0.05) is 27.7 Å². The number of benzene rings is 1. The molecule has 0 aliphatic heterocycles. The summed E-state index contributed by atoms with van der Waals surface area (Å²) in [5.74, 6) is -0.267. The van der Waals surface area contributed by atoms with Gasteiger partial charge >= 0.3 is 0 Å². The zero-order valence-electron chi connectivity index (χ0n) is 10.8. The van der Waals surface area contributed by atoms with Gasteiger partial charge in [0.15, 0.2) is 0 Å². The Bertz CT molecular complexity index is 826. The molecule has 0 radical (unpaired) electrons. The van der Waals surface area contributed by atoms with Crippen molar-refractivity contribution in [3.63, 3.8) is 0 Å². The van der Waals surface area contributed by atoms with Gasteiger partial charge in [-0.25, -0.2) is 9.37 Å². The second-order valence-electron chi connectivity index (χ2n) is 4.46. The first-order chi connectivity index (χ1) is 10.1. The average molecular weight is 365 g/mol. The molecule has 1 aromatic carbocycles. The van der Waals surface area contributed by atoms with Gasteiger partial charge in [0.05, 0.1) is 12.2 Å². The van der Waals surface area contributed by atoms with Crippen LogP contribution in [0.4, 0.5) is 4.39 Å². The van der Waals surface area contributed by atoms with Crippen molar-refractivity contribution in [1.29, 1.82) is 0 Å². The Kier molecular flexibility index (Phi) is 3.98. The van der Waals surface area contributed by atoms with Gasteiger partial charge < -0.3 is 4.57 Å². The second-order valence-corrected chi connectivity index (χ2v) is 6.24. The highest BCUT2D eigenvalue weighted by molar-refractivity contribution is 9.10. The summed E-state index contributed by atoms with van der Waals surface area (Å²) in [4.78, 5) is 16.3. The Morgan fingerprint density at radius 3 is 2.71 bits per heavy atom. The van der Waals surface area contributed by atoms with Crippen molar-refractivity contribution in [2.45, 2.75) is 6.54 Å². The van der Waals surface area contributed by atoms with Crippen LogP contribution in [0.1, 0.15) is 5.69 Å². The monoisotopic (exact) mass is 364 g/mol. The summed E-state index contributed by atoms with van der Waals surface area (Å²) in [6.07, 6.45) is 1.74. The van der Waals surface area contributed by atoms with Crippen LogP contribution in [0.3, 0.4) is 0 Å². The summed E-state index contributed by atoms with van der Waals surface area (Å²) in [6, 6.07) is 9.44. The fraction of sp³-hybridized carbons (Fsp3) is 0.0667. The molecule has 2 heterocycles. The van der Waals surface area contributed by atoms with E-state index in [9.17, 15) is 9.18 Å². The molecular weight excluding hydrogens is 355 g/mol. The number of thiazole rings is 1. The fourth-order valence-electron chi connectivity index (χ4n) is 1.90. The molecule has 0 fully saturated rings. The maximum atomic E-state index is 12.9. The zero-order chi connectivity index (χ0) is 14.8. The van der Waals surface area contributed by atoms with E-state index in [0.29, 0.717) is 6.54 Å². The summed E-state index contributed by atoms with van der Waals surface area (Å²) in [7, 11) is 0. The molecule has 6 heteroatoms. The molecule has 2 aromatic heterocycles. The highest BCUT2D eigenvalue weighted by Crippen LogP contribution is 2.24. The molecule has 3 rings (SSSR count). The van der Waals surface area contributed by atoms with Crippen molar-refractivity contribution in [3.8, 4) is 10.6 Å². The lowest BCUT2D eigenvalue weighted by molar-refractivity contribution is 0.628. The van der Waals surface area contributed by atoms with Crippen molar-refractivity contribution in [3.05, 3.63) is 74.3 Å². The minimum absolute atomic E-state index is 0.0745. The first kappa shape index (κ1) is 14.2. The average Bonchev–Trinajstić information content (AvgIpc) is 2.92. The molecule has 0 N–H and O–H groups in total. The number of aromatic nitrogens is 2. The lowest BCUT2D eigenvalue weighted by Gasteiger charge is -2.03. The molecule has 0 bridgehead atoms. The number of nitrogens with zero attached hydrogens (tertiary/aromatic N) is 2. The Balaban J connectivity index is 1.87. The maximum Gasteiger partial charge on any atom is 0.250 e. The third kappa shape index (κ3) is 3.28. The van der Waals surface area contributed by atoms with Gasteiger partial charge in [-0.05, 0) is 46.3 Å². The highest BCUT2D eigenvalue weighted by Gasteiger charge is 2.06. The Morgan fingerprint density at radius 1 is 1.19 bits per heavy atom. The zero-order valence-corrected chi connectivity index (χ0v) is 13.2. The molecule has 0 aliphatic carbocycles. The third-order valence-corrected chi connectivity index (χ3v) is 4.33. The molecule has 3 aromatic rings. The molecule has 0 amide bonds. The summed E-state index contributed by atoms with van der Waals surface area (Å²) < 4.78 is 15.4. The number of pyridine rings is 1. The quantitative estimate of drug-likeness (QED) is 0.705. The molecular formula is C15H10BrFN2OS. The van der Waals surface area contributed by atoms with Crippen molar-refractivity contribution in [1.82, 2.24) is 9.55 Å². The largest absolute Gasteiger partial charge is 0.308 e. The summed E-state index contributed by atoms with van der Waals surface area (Å²) in [5.41, 5.74) is 1.60. The van der Waals surface area contributed by atoms with Crippen LogP contribution < -0.4 is 5.56 Å². The van der Waals surface area contributed by atoms with E-state index in [4.69, 9.17) is 0 Å². The van der Waals surface area contributed by atoms with Gasteiger partial charge in [-0.3, -0.25) is 4.79 Å². The van der Waals surface area contributed by atoms with E-state index in [1.54, 1.807) is 29.0 Å². The summed E-state index contributed by atoms with van der Waals surface area (Å²) in [5, 5.41) is 2.72. The predicted molar refractivity (Wildman–Crippen MR) is 85.0 cm³/mol. The van der Waals surface area contributed by atoms with E-state index in [2.05, 4.69) is 20.9 Å². The first-order valence-corrected chi connectivity index (χ1v) is 7.85. The number of hydrogen-bond acceptors (Lipinski definition) is 3. The minimum atomic E-state index is -0.267. The normalized spacial score (nSPS) is 10.8. The minimum Gasteiger partial charge on any atom is -0.308 e. The Labute approximate surface area is 132 Å². The van der Waals surface area contributed by atoms with Crippen molar-refractivity contribution in [2.75, 3.05) is 0 Å². The lowest BCUT2D eigenvalue weighted by Crippen LogP contribution is -2.18.